The number of amides is 2. The lowest BCUT2D eigenvalue weighted by molar-refractivity contribution is 0.191. The molecular formula is C15H20N6O2S. The van der Waals surface area contributed by atoms with E-state index in [-0.39, 0.29) is 12.1 Å². The second-order valence-corrected chi connectivity index (χ2v) is 6.20. The number of urea groups is 1. The van der Waals surface area contributed by atoms with Gasteiger partial charge in [0.2, 0.25) is 5.88 Å². The Morgan fingerprint density at radius 1 is 1.29 bits per heavy atom. The molecule has 1 N–H and O–H groups in total. The van der Waals surface area contributed by atoms with Crippen LogP contribution in [0.25, 0.3) is 0 Å². The van der Waals surface area contributed by atoms with Gasteiger partial charge in [0.25, 0.3) is 0 Å². The number of methoxy groups -OCH3 is 1. The van der Waals surface area contributed by atoms with Crippen LogP contribution in [0.15, 0.2) is 23.3 Å². The Morgan fingerprint density at radius 3 is 2.75 bits per heavy atom. The van der Waals surface area contributed by atoms with Gasteiger partial charge in [0.05, 0.1) is 24.4 Å². The molecule has 1 atom stereocenters. The van der Waals surface area contributed by atoms with Crippen LogP contribution in [0.1, 0.15) is 18.7 Å². The number of thiazole rings is 1. The number of anilines is 1. The van der Waals surface area contributed by atoms with Gasteiger partial charge in [-0.1, -0.05) is 0 Å². The van der Waals surface area contributed by atoms with Crippen molar-refractivity contribution in [3.63, 3.8) is 0 Å². The maximum atomic E-state index is 12.4. The normalized spacial score (nSPS) is 15.9. The van der Waals surface area contributed by atoms with Crippen molar-refractivity contribution in [2.24, 2.45) is 0 Å². The Balaban J connectivity index is 1.53. The molecule has 3 rings (SSSR count). The van der Waals surface area contributed by atoms with Crippen LogP contribution in [0.4, 0.5) is 10.6 Å². The average molecular weight is 348 g/mol. The first-order valence-electron chi connectivity index (χ1n) is 7.72. The van der Waals surface area contributed by atoms with E-state index < -0.39 is 0 Å². The molecular weight excluding hydrogens is 328 g/mol. The van der Waals surface area contributed by atoms with Gasteiger partial charge in [0.15, 0.2) is 0 Å². The van der Waals surface area contributed by atoms with Crippen molar-refractivity contribution in [2.75, 3.05) is 38.2 Å². The molecule has 8 nitrogen and oxygen atoms in total. The highest BCUT2D eigenvalue weighted by Crippen LogP contribution is 2.18. The molecule has 0 radical (unpaired) electrons. The molecule has 0 aliphatic carbocycles. The van der Waals surface area contributed by atoms with Crippen molar-refractivity contribution < 1.29 is 9.53 Å². The Morgan fingerprint density at radius 2 is 2.08 bits per heavy atom. The number of aromatic nitrogens is 3. The first kappa shape index (κ1) is 16.4. The fourth-order valence-electron chi connectivity index (χ4n) is 2.54. The number of carbonyl (C=O) groups excluding carboxylic acids is 1. The Labute approximate surface area is 144 Å². The highest BCUT2D eigenvalue weighted by molar-refractivity contribution is 7.07. The van der Waals surface area contributed by atoms with Crippen LogP contribution in [0.3, 0.4) is 0 Å². The fraction of sp³-hybridized carbons (Fsp3) is 0.467. The van der Waals surface area contributed by atoms with Gasteiger partial charge in [-0.2, -0.15) is 0 Å². The van der Waals surface area contributed by atoms with E-state index in [1.165, 1.54) is 17.7 Å². The average Bonchev–Trinajstić information content (AvgIpc) is 3.16. The maximum absolute atomic E-state index is 12.4. The lowest BCUT2D eigenvalue weighted by atomic mass is 10.2. The highest BCUT2D eigenvalue weighted by Gasteiger charge is 2.23. The van der Waals surface area contributed by atoms with Crippen LogP contribution < -0.4 is 15.0 Å². The van der Waals surface area contributed by atoms with Gasteiger partial charge in [-0.25, -0.2) is 19.7 Å². The zero-order chi connectivity index (χ0) is 16.9. The van der Waals surface area contributed by atoms with Gasteiger partial charge >= 0.3 is 6.03 Å². The molecule has 9 heteroatoms. The monoisotopic (exact) mass is 348 g/mol. The van der Waals surface area contributed by atoms with Gasteiger partial charge in [-0.15, -0.1) is 11.3 Å². The van der Waals surface area contributed by atoms with Crippen molar-refractivity contribution in [2.45, 2.75) is 13.0 Å². The van der Waals surface area contributed by atoms with Crippen molar-refractivity contribution in [1.29, 1.82) is 0 Å². The third-order valence-corrected chi connectivity index (χ3v) is 4.57. The van der Waals surface area contributed by atoms with Crippen LogP contribution >= 0.6 is 11.3 Å². The van der Waals surface area contributed by atoms with Crippen molar-refractivity contribution in [3.05, 3.63) is 29.0 Å². The lowest BCUT2D eigenvalue weighted by Crippen LogP contribution is -2.52. The number of ether oxygens (including phenoxy) is 1. The molecule has 0 spiro atoms. The van der Waals surface area contributed by atoms with Crippen molar-refractivity contribution >= 4 is 23.2 Å². The SMILES string of the molecule is COc1cc(N2CCN(C(=O)NC(C)c3cscn3)CC2)ncn1. The van der Waals surface area contributed by atoms with Gasteiger partial charge in [-0.3, -0.25) is 0 Å². The summed E-state index contributed by atoms with van der Waals surface area (Å²) in [5.41, 5.74) is 2.66. The minimum atomic E-state index is -0.0899. The summed E-state index contributed by atoms with van der Waals surface area (Å²) in [6.45, 7) is 4.66. The standard InChI is InChI=1S/C15H20N6O2S/c1-11(12-8-24-10-18-12)19-15(22)21-5-3-20(4-6-21)13-7-14(23-2)17-9-16-13/h7-11H,3-6H2,1-2H3,(H,19,22). The number of piperazine rings is 1. The van der Waals surface area contributed by atoms with E-state index in [0.717, 1.165) is 24.6 Å². The van der Waals surface area contributed by atoms with Gasteiger partial charge in [0, 0.05) is 37.6 Å². The predicted molar refractivity (Wildman–Crippen MR) is 91.4 cm³/mol. The number of nitrogens with one attached hydrogen (secondary N) is 1. The first-order valence-corrected chi connectivity index (χ1v) is 8.66. The molecule has 3 heterocycles. The molecule has 1 aliphatic heterocycles. The third-order valence-electron chi connectivity index (χ3n) is 3.96. The molecule has 128 valence electrons. The summed E-state index contributed by atoms with van der Waals surface area (Å²) in [6, 6.07) is 1.66. The smallest absolute Gasteiger partial charge is 0.318 e. The number of hydrogen-bond donors (Lipinski definition) is 1. The van der Waals surface area contributed by atoms with Crippen molar-refractivity contribution in [3.8, 4) is 5.88 Å². The van der Waals surface area contributed by atoms with Gasteiger partial charge in [0.1, 0.15) is 12.1 Å². The molecule has 24 heavy (non-hydrogen) atoms. The summed E-state index contributed by atoms with van der Waals surface area (Å²) < 4.78 is 5.13. The summed E-state index contributed by atoms with van der Waals surface area (Å²) in [4.78, 5) is 28.8. The maximum Gasteiger partial charge on any atom is 0.318 e. The van der Waals surface area contributed by atoms with Crippen LogP contribution in [0.2, 0.25) is 0 Å². The van der Waals surface area contributed by atoms with Gasteiger partial charge < -0.3 is 19.9 Å². The Kier molecular flexibility index (Phi) is 5.09. The van der Waals surface area contributed by atoms with E-state index in [4.69, 9.17) is 4.74 Å². The van der Waals surface area contributed by atoms with E-state index in [0.29, 0.717) is 19.0 Å². The zero-order valence-electron chi connectivity index (χ0n) is 13.7. The second kappa shape index (κ2) is 7.43. The quantitative estimate of drug-likeness (QED) is 0.902. The number of rotatable bonds is 4. The van der Waals surface area contributed by atoms with E-state index >= 15 is 0 Å². The molecule has 0 saturated carbocycles. The lowest BCUT2D eigenvalue weighted by Gasteiger charge is -2.35. The van der Waals surface area contributed by atoms with E-state index in [1.54, 1.807) is 18.7 Å². The minimum Gasteiger partial charge on any atom is -0.481 e. The van der Waals surface area contributed by atoms with Crippen LogP contribution in [0, 0.1) is 0 Å². The largest absolute Gasteiger partial charge is 0.481 e. The number of nitrogens with zero attached hydrogens (tertiary/aromatic N) is 5. The molecule has 1 saturated heterocycles. The third kappa shape index (κ3) is 3.73. The molecule has 1 aliphatic rings. The summed E-state index contributed by atoms with van der Waals surface area (Å²) in [5, 5.41) is 4.94. The zero-order valence-corrected chi connectivity index (χ0v) is 14.5. The minimum absolute atomic E-state index is 0.0598. The molecule has 2 aromatic heterocycles. The summed E-state index contributed by atoms with van der Waals surface area (Å²) in [6.07, 6.45) is 1.49. The Bertz CT molecular complexity index is 672. The molecule has 0 aromatic carbocycles. The van der Waals surface area contributed by atoms with Crippen LogP contribution in [0.5, 0.6) is 5.88 Å². The summed E-state index contributed by atoms with van der Waals surface area (Å²) in [7, 11) is 1.58. The molecule has 1 fully saturated rings. The van der Waals surface area contributed by atoms with E-state index in [9.17, 15) is 4.79 Å². The van der Waals surface area contributed by atoms with E-state index in [1.807, 2.05) is 17.2 Å². The van der Waals surface area contributed by atoms with Gasteiger partial charge in [-0.05, 0) is 6.92 Å². The number of carbonyl (C=O) groups is 1. The van der Waals surface area contributed by atoms with Crippen molar-refractivity contribution in [1.82, 2.24) is 25.2 Å². The predicted octanol–water partition coefficient (Wildman–Crippen LogP) is 1.53. The summed E-state index contributed by atoms with van der Waals surface area (Å²) >= 11 is 1.53. The number of hydrogen-bond acceptors (Lipinski definition) is 7. The molecule has 0 bridgehead atoms. The van der Waals surface area contributed by atoms with E-state index in [2.05, 4.69) is 25.2 Å². The molecule has 1 unspecified atom stereocenters. The Hall–Kier alpha value is -2.42. The molecule has 2 aromatic rings. The highest BCUT2D eigenvalue weighted by atomic mass is 32.1. The van der Waals surface area contributed by atoms with Crippen LogP contribution in [-0.4, -0.2) is 59.2 Å². The second-order valence-electron chi connectivity index (χ2n) is 5.48. The van der Waals surface area contributed by atoms with Crippen LogP contribution in [-0.2, 0) is 0 Å². The topological polar surface area (TPSA) is 83.5 Å². The molecule has 2 amide bonds. The fourth-order valence-corrected chi connectivity index (χ4v) is 3.19. The first-order chi connectivity index (χ1) is 11.7. The summed E-state index contributed by atoms with van der Waals surface area (Å²) in [5.74, 6) is 1.36.